The smallest absolute Gasteiger partial charge is 0.303 e. The lowest BCUT2D eigenvalue weighted by molar-refractivity contribution is -0.162. The topological polar surface area (TPSA) is 311 Å². The minimum Gasteiger partial charge on any atom is -0.459 e. The van der Waals surface area contributed by atoms with Crippen LogP contribution in [0.4, 0.5) is 0 Å². The van der Waals surface area contributed by atoms with Crippen molar-refractivity contribution in [2.75, 3.05) is 55.9 Å². The van der Waals surface area contributed by atoms with Crippen LogP contribution >= 0.6 is 0 Å². The molecule has 25 heteroatoms. The fourth-order valence-corrected chi connectivity index (χ4v) is 10.2. The Morgan fingerprint density at radius 2 is 0.920 bits per heavy atom. The number of aldehydes is 2. The highest BCUT2D eigenvalue weighted by Crippen LogP contribution is 2.24. The molecular formula is C62H111N11O14. The van der Waals surface area contributed by atoms with Crippen LogP contribution in [0.3, 0.4) is 0 Å². The summed E-state index contributed by atoms with van der Waals surface area (Å²) in [6.45, 7) is 28.7. The zero-order valence-corrected chi connectivity index (χ0v) is 56.9. The number of hydrogen-bond donors (Lipinski definition) is 5. The molecule has 0 fully saturated rings. The van der Waals surface area contributed by atoms with E-state index in [1.807, 2.05) is 55.4 Å². The van der Waals surface area contributed by atoms with Gasteiger partial charge in [-0.15, -0.1) is 0 Å². The molecule has 0 bridgehead atoms. The lowest BCUT2D eigenvalue weighted by Crippen LogP contribution is -2.62. The van der Waals surface area contributed by atoms with E-state index >= 15 is 0 Å². The minimum absolute atomic E-state index is 0.0112. The highest BCUT2D eigenvalue weighted by molar-refractivity contribution is 5.98. The van der Waals surface area contributed by atoms with E-state index in [1.54, 1.807) is 48.6 Å². The first kappa shape index (κ1) is 80.5. The van der Waals surface area contributed by atoms with Crippen LogP contribution in [-0.4, -0.2) is 229 Å². The van der Waals surface area contributed by atoms with Gasteiger partial charge in [0.25, 0.3) is 0 Å². The van der Waals surface area contributed by atoms with Crippen LogP contribution in [0.2, 0.25) is 0 Å². The fourth-order valence-electron chi connectivity index (χ4n) is 10.2. The van der Waals surface area contributed by atoms with Gasteiger partial charge in [-0.2, -0.15) is 0 Å². The Hall–Kier alpha value is -6.53. The van der Waals surface area contributed by atoms with Crippen LogP contribution < -0.4 is 26.6 Å². The fraction of sp³-hybridized carbons (Fsp3) is 0.790. The van der Waals surface area contributed by atoms with Crippen LogP contribution in [0.5, 0.6) is 0 Å². The molecule has 0 aliphatic rings. The summed E-state index contributed by atoms with van der Waals surface area (Å²) < 4.78 is 5.61. The largest absolute Gasteiger partial charge is 0.459 e. The van der Waals surface area contributed by atoms with E-state index in [4.69, 9.17) is 4.74 Å². The maximum atomic E-state index is 14.6. The average Bonchev–Trinajstić information content (AvgIpc) is 1.29. The summed E-state index contributed by atoms with van der Waals surface area (Å²) in [6, 6.07) is -11.0. The van der Waals surface area contributed by atoms with Crippen molar-refractivity contribution in [2.45, 2.75) is 223 Å². The normalized spacial score (nSPS) is 15.7. The molecule has 0 radical (unpaired) electrons. The number of carbonyl (C=O) groups is 13. The highest BCUT2D eigenvalue weighted by atomic mass is 16.5. The molecule has 0 saturated heterocycles. The van der Waals surface area contributed by atoms with Crippen molar-refractivity contribution in [3.8, 4) is 0 Å². The number of nitrogens with zero attached hydrogens (tertiary/aromatic N) is 6. The first-order valence-electron chi connectivity index (χ1n) is 30.7. The summed E-state index contributed by atoms with van der Waals surface area (Å²) in [5.41, 5.74) is 0. The number of ether oxygens (including phenoxy) is 1. The van der Waals surface area contributed by atoms with Crippen LogP contribution in [0.1, 0.15) is 156 Å². The Labute approximate surface area is 519 Å². The van der Waals surface area contributed by atoms with Gasteiger partial charge in [0.05, 0.1) is 18.6 Å². The van der Waals surface area contributed by atoms with E-state index < -0.39 is 150 Å². The molecule has 12 atom stereocenters. The molecule has 0 aliphatic carbocycles. The summed E-state index contributed by atoms with van der Waals surface area (Å²) in [6.07, 6.45) is 0.928. The molecule has 0 spiro atoms. The predicted octanol–water partition coefficient (Wildman–Crippen LogP) is 2.41. The zero-order valence-electron chi connectivity index (χ0n) is 56.9. The number of likely N-dealkylation sites (N-methyl/N-ethyl adjacent to an activating group) is 7. The molecular weight excluding hydrogens is 1120 g/mol. The number of nitrogens with one attached hydrogen (secondary N) is 5. The van der Waals surface area contributed by atoms with Crippen LogP contribution in [0.25, 0.3) is 0 Å². The molecule has 25 nitrogen and oxygen atoms in total. The number of esters is 1. The monoisotopic (exact) mass is 1230 g/mol. The van der Waals surface area contributed by atoms with Gasteiger partial charge in [0.2, 0.25) is 59.1 Å². The second-order valence-corrected chi connectivity index (χ2v) is 25.8. The van der Waals surface area contributed by atoms with Crippen molar-refractivity contribution in [3.63, 3.8) is 0 Å². The van der Waals surface area contributed by atoms with Gasteiger partial charge in [0.1, 0.15) is 67.0 Å². The van der Waals surface area contributed by atoms with Gasteiger partial charge in [-0.1, -0.05) is 96.9 Å². The first-order chi connectivity index (χ1) is 40.2. The van der Waals surface area contributed by atoms with Crippen molar-refractivity contribution < 1.29 is 67.1 Å². The zero-order chi connectivity index (χ0) is 67.8. The van der Waals surface area contributed by atoms with E-state index in [1.165, 1.54) is 75.7 Å². The number of carbonyl (C=O) groups excluding carboxylic acids is 13. The Balaban J connectivity index is 6.65. The summed E-state index contributed by atoms with van der Waals surface area (Å²) in [4.78, 5) is 185. The van der Waals surface area contributed by atoms with Crippen LogP contribution in [0, 0.1) is 41.4 Å². The molecule has 10 amide bonds. The van der Waals surface area contributed by atoms with Gasteiger partial charge >= 0.3 is 5.97 Å². The third kappa shape index (κ3) is 24.9. The minimum atomic E-state index is -1.49. The van der Waals surface area contributed by atoms with Gasteiger partial charge in [-0.25, -0.2) is 0 Å². The van der Waals surface area contributed by atoms with Crippen LogP contribution in [0.15, 0.2) is 0 Å². The molecule has 5 N–H and O–H groups in total. The van der Waals surface area contributed by atoms with E-state index in [-0.39, 0.29) is 61.7 Å². The standard InChI is InChI=1S/C62H111N11O14/c1-25-45(66-57(81)52(53(87-43(17)76)40(14)26-27-74)73(24)61(85)50(63-18)38(10)11)59(83)68(19)32-49(77)70(21)46(29-35(4)5)56(80)67-51(39(12)13)62(86)71(22)47(30-36(6)7)55(79)64-41(15)54(78)65-42(16)58(82)72(23)48(31-37(8)9)60(84)69(20)44(33-75)28-34(2)3/h27,33-42,44-48,50-53,63H,25-26,28-32H2,1-24H3,(H,64,79)(H,65,78)(H,66,81)(H,67,80)/t40-,41+,42-,44+,45+,46+,47+,48+,50+,51+,52?,53-/m1/s1. The number of hydrogen-bond acceptors (Lipinski definition) is 15. The summed E-state index contributed by atoms with van der Waals surface area (Å²) >= 11 is 0. The molecule has 0 rings (SSSR count). The quantitative estimate of drug-likeness (QED) is 0.0438. The van der Waals surface area contributed by atoms with E-state index in [9.17, 15) is 62.3 Å². The van der Waals surface area contributed by atoms with Gasteiger partial charge < -0.3 is 70.3 Å². The first-order valence-corrected chi connectivity index (χ1v) is 30.7. The van der Waals surface area contributed by atoms with Gasteiger partial charge in [0.15, 0.2) is 0 Å². The second kappa shape index (κ2) is 38.0. The third-order valence-electron chi connectivity index (χ3n) is 15.6. The molecule has 0 aromatic carbocycles. The van der Waals surface area contributed by atoms with Crippen molar-refractivity contribution in [1.82, 2.24) is 56.0 Å². The highest BCUT2D eigenvalue weighted by Gasteiger charge is 2.44. The van der Waals surface area contributed by atoms with Gasteiger partial charge in [-0.05, 0) is 88.5 Å². The van der Waals surface area contributed by atoms with E-state index in [0.717, 1.165) is 23.0 Å². The van der Waals surface area contributed by atoms with E-state index in [2.05, 4.69) is 26.6 Å². The predicted molar refractivity (Wildman–Crippen MR) is 332 cm³/mol. The van der Waals surface area contributed by atoms with Crippen molar-refractivity contribution in [3.05, 3.63) is 0 Å². The van der Waals surface area contributed by atoms with Gasteiger partial charge in [0, 0.05) is 61.5 Å². The molecule has 87 heavy (non-hydrogen) atoms. The van der Waals surface area contributed by atoms with E-state index in [0.29, 0.717) is 12.7 Å². The van der Waals surface area contributed by atoms with Crippen molar-refractivity contribution >= 4 is 77.6 Å². The lowest BCUT2D eigenvalue weighted by atomic mass is 9.92. The maximum Gasteiger partial charge on any atom is 0.303 e. The maximum absolute atomic E-state index is 14.6. The molecule has 498 valence electrons. The molecule has 0 aromatic rings. The van der Waals surface area contributed by atoms with Crippen molar-refractivity contribution in [2.24, 2.45) is 41.4 Å². The summed E-state index contributed by atoms with van der Waals surface area (Å²) in [5.74, 6) is -8.89. The Morgan fingerprint density at radius 3 is 1.36 bits per heavy atom. The number of rotatable bonds is 38. The third-order valence-corrected chi connectivity index (χ3v) is 15.6. The summed E-state index contributed by atoms with van der Waals surface area (Å²) in [7, 11) is 10.1. The van der Waals surface area contributed by atoms with Crippen LogP contribution in [-0.2, 0) is 67.1 Å². The molecule has 0 saturated carbocycles. The Morgan fingerprint density at radius 1 is 0.471 bits per heavy atom. The van der Waals surface area contributed by atoms with Gasteiger partial charge in [-0.3, -0.25) is 52.7 Å². The average molecular weight is 1230 g/mol. The summed E-state index contributed by atoms with van der Waals surface area (Å²) in [5, 5.41) is 13.8. The molecule has 0 aromatic heterocycles. The molecule has 0 heterocycles. The molecule has 1 unspecified atom stereocenters. The number of amides is 10. The SMILES string of the molecule is CC[C@H](NC(=O)C([C@H](OC(C)=O)[C@H](C)CC=O)N(C)C(=O)[C@@H](NC)C(C)C)C(=O)N(C)CC(=O)N(C)[C@@H](CC(C)C)C(=O)N[C@H](C(=O)N(C)[C@@H](CC(C)C)C(=O)N[C@@H](C)C(=O)N[C@H](C)C(=O)N(C)[C@@H](CC(C)C)C(=O)N(C)[C@H](C=O)CC(C)C)C(C)C. The second-order valence-electron chi connectivity index (χ2n) is 25.8. The molecule has 0 aliphatic heterocycles. The Kier molecular flexibility index (Phi) is 35.2. The Bertz CT molecular complexity index is 2330. The van der Waals surface area contributed by atoms with Crippen molar-refractivity contribution in [1.29, 1.82) is 0 Å². The lowest BCUT2D eigenvalue weighted by Gasteiger charge is -2.38.